The van der Waals surface area contributed by atoms with Crippen LogP contribution in [0.15, 0.2) is 35.7 Å². The van der Waals surface area contributed by atoms with E-state index >= 15 is 0 Å². The van der Waals surface area contributed by atoms with E-state index in [-0.39, 0.29) is 5.91 Å². The smallest absolute Gasteiger partial charge is 0.273 e. The molecule has 2 aromatic heterocycles. The fourth-order valence-corrected chi connectivity index (χ4v) is 4.13. The van der Waals surface area contributed by atoms with Crippen molar-refractivity contribution >= 4 is 28.1 Å². The fraction of sp³-hybridized carbons (Fsp3) is 0.333. The number of nitrogens with zero attached hydrogens (tertiary/aromatic N) is 3. The van der Waals surface area contributed by atoms with Gasteiger partial charge in [0.15, 0.2) is 0 Å². The molecule has 5 nitrogen and oxygen atoms in total. The maximum atomic E-state index is 12.6. The van der Waals surface area contributed by atoms with Gasteiger partial charge in [0.1, 0.15) is 10.7 Å². The van der Waals surface area contributed by atoms with Crippen LogP contribution in [0.3, 0.4) is 0 Å². The van der Waals surface area contributed by atoms with Crippen LogP contribution in [0.4, 0.5) is 0 Å². The minimum absolute atomic E-state index is 0.0879. The summed E-state index contributed by atoms with van der Waals surface area (Å²) in [6.45, 7) is 1.09. The van der Waals surface area contributed by atoms with E-state index in [1.54, 1.807) is 4.90 Å². The number of hydrogen-bond acceptors (Lipinski definition) is 4. The summed E-state index contributed by atoms with van der Waals surface area (Å²) in [5.74, 6) is -0.0879. The van der Waals surface area contributed by atoms with Crippen LogP contribution in [-0.2, 0) is 7.05 Å². The molecule has 0 unspecified atom stereocenters. The van der Waals surface area contributed by atoms with Gasteiger partial charge >= 0.3 is 0 Å². The summed E-state index contributed by atoms with van der Waals surface area (Å²) in [4.78, 5) is 18.9. The predicted molar refractivity (Wildman–Crippen MR) is 95.2 cm³/mol. The zero-order chi connectivity index (χ0) is 16.7. The van der Waals surface area contributed by atoms with Crippen LogP contribution in [-0.4, -0.2) is 44.7 Å². The normalized spacial score (nSPS) is 18.2. The number of amides is 1. The molecule has 24 heavy (non-hydrogen) atoms. The quantitative estimate of drug-likeness (QED) is 0.780. The van der Waals surface area contributed by atoms with Crippen LogP contribution >= 0.6 is 11.3 Å². The molecule has 1 aromatic carbocycles. The first-order valence-electron chi connectivity index (χ1n) is 8.11. The third kappa shape index (κ3) is 2.61. The molecule has 1 aliphatic rings. The molecule has 1 atom stereocenters. The van der Waals surface area contributed by atoms with E-state index in [0.717, 1.165) is 34.4 Å². The molecule has 1 aliphatic heterocycles. The number of aliphatic hydroxyl groups excluding tert-OH is 1. The SMILES string of the molecule is Cn1c(-c2nc(C(=O)N3CCC[C@H](O)C3)cs2)cc2ccccc21. The molecule has 0 bridgehead atoms. The van der Waals surface area contributed by atoms with Crippen molar-refractivity contribution in [1.29, 1.82) is 0 Å². The van der Waals surface area contributed by atoms with Gasteiger partial charge in [-0.2, -0.15) is 0 Å². The van der Waals surface area contributed by atoms with Gasteiger partial charge in [-0.1, -0.05) is 18.2 Å². The molecule has 0 radical (unpaired) electrons. The van der Waals surface area contributed by atoms with E-state index < -0.39 is 6.10 Å². The van der Waals surface area contributed by atoms with Gasteiger partial charge in [0.25, 0.3) is 5.91 Å². The van der Waals surface area contributed by atoms with Gasteiger partial charge in [-0.25, -0.2) is 4.98 Å². The first-order chi connectivity index (χ1) is 11.6. The Bertz CT molecular complexity index is 899. The van der Waals surface area contributed by atoms with Crippen molar-refractivity contribution in [2.24, 2.45) is 7.05 Å². The summed E-state index contributed by atoms with van der Waals surface area (Å²) in [6.07, 6.45) is 1.19. The first kappa shape index (κ1) is 15.4. The van der Waals surface area contributed by atoms with Gasteiger partial charge in [0.2, 0.25) is 0 Å². The number of aliphatic hydroxyl groups is 1. The summed E-state index contributed by atoms with van der Waals surface area (Å²) < 4.78 is 2.10. The lowest BCUT2D eigenvalue weighted by atomic mass is 10.1. The number of carbonyl (C=O) groups excluding carboxylic acids is 1. The van der Waals surface area contributed by atoms with Gasteiger partial charge in [0, 0.05) is 36.4 Å². The fourth-order valence-electron chi connectivity index (χ4n) is 3.28. The Balaban J connectivity index is 1.64. The molecule has 4 rings (SSSR count). The van der Waals surface area contributed by atoms with Crippen molar-refractivity contribution in [3.8, 4) is 10.7 Å². The molecule has 0 aliphatic carbocycles. The standard InChI is InChI=1S/C18H19N3O2S/c1-20-15-7-3-2-5-12(15)9-16(20)17-19-14(11-24-17)18(23)21-8-4-6-13(22)10-21/h2-3,5,7,9,11,13,22H,4,6,8,10H2,1H3/t13-/m0/s1. The minimum Gasteiger partial charge on any atom is -0.391 e. The number of fused-ring (bicyclic) bond motifs is 1. The lowest BCUT2D eigenvalue weighted by molar-refractivity contribution is 0.0469. The van der Waals surface area contributed by atoms with Crippen LogP contribution < -0.4 is 0 Å². The highest BCUT2D eigenvalue weighted by molar-refractivity contribution is 7.13. The lowest BCUT2D eigenvalue weighted by Gasteiger charge is -2.29. The Morgan fingerprint density at radius 2 is 2.21 bits per heavy atom. The number of piperidine rings is 1. The Kier molecular flexibility index (Phi) is 3.86. The maximum absolute atomic E-state index is 12.6. The second kappa shape index (κ2) is 6.03. The van der Waals surface area contributed by atoms with E-state index in [9.17, 15) is 9.90 Å². The highest BCUT2D eigenvalue weighted by Gasteiger charge is 2.25. The van der Waals surface area contributed by atoms with Gasteiger partial charge in [0.05, 0.1) is 11.8 Å². The number of carbonyl (C=O) groups is 1. The number of aromatic nitrogens is 2. The first-order valence-corrected chi connectivity index (χ1v) is 8.99. The Morgan fingerprint density at radius 1 is 1.38 bits per heavy atom. The Labute approximate surface area is 144 Å². The number of β-amino-alcohol motifs (C(OH)–C–C–N with tert-alkyl or cyclic N) is 1. The van der Waals surface area contributed by atoms with Crippen LogP contribution in [0.2, 0.25) is 0 Å². The summed E-state index contributed by atoms with van der Waals surface area (Å²) in [6, 6.07) is 10.3. The van der Waals surface area contributed by atoms with Crippen molar-refractivity contribution in [2.75, 3.05) is 13.1 Å². The third-order valence-electron chi connectivity index (χ3n) is 4.58. The minimum atomic E-state index is -0.418. The number of aryl methyl sites for hydroxylation is 1. The number of para-hydroxylation sites is 1. The highest BCUT2D eigenvalue weighted by atomic mass is 32.1. The van der Waals surface area contributed by atoms with E-state index in [0.29, 0.717) is 18.8 Å². The number of likely N-dealkylation sites (tertiary alicyclic amines) is 1. The van der Waals surface area contributed by atoms with Crippen LogP contribution in [0.1, 0.15) is 23.3 Å². The van der Waals surface area contributed by atoms with Crippen molar-refractivity contribution < 1.29 is 9.90 Å². The zero-order valence-corrected chi connectivity index (χ0v) is 14.3. The number of thiazole rings is 1. The molecule has 124 valence electrons. The monoisotopic (exact) mass is 341 g/mol. The molecule has 1 saturated heterocycles. The van der Waals surface area contributed by atoms with Gasteiger partial charge in [-0.3, -0.25) is 4.79 Å². The summed E-state index contributed by atoms with van der Waals surface area (Å²) in [5, 5.41) is 13.6. The second-order valence-corrected chi connectivity index (χ2v) is 7.09. The average molecular weight is 341 g/mol. The molecular weight excluding hydrogens is 322 g/mol. The molecule has 1 amide bonds. The van der Waals surface area contributed by atoms with Crippen molar-refractivity contribution in [3.63, 3.8) is 0 Å². The zero-order valence-electron chi connectivity index (χ0n) is 13.5. The van der Waals surface area contributed by atoms with E-state index in [1.807, 2.05) is 24.6 Å². The third-order valence-corrected chi connectivity index (χ3v) is 5.44. The van der Waals surface area contributed by atoms with Gasteiger partial charge in [-0.15, -0.1) is 11.3 Å². The Morgan fingerprint density at radius 3 is 3.00 bits per heavy atom. The molecule has 3 heterocycles. The van der Waals surface area contributed by atoms with E-state index in [1.165, 1.54) is 11.3 Å². The topological polar surface area (TPSA) is 58.4 Å². The molecule has 6 heteroatoms. The molecule has 0 spiro atoms. The lowest BCUT2D eigenvalue weighted by Crippen LogP contribution is -2.42. The maximum Gasteiger partial charge on any atom is 0.273 e. The van der Waals surface area contributed by atoms with E-state index in [4.69, 9.17) is 0 Å². The molecular formula is C18H19N3O2S. The molecule has 3 aromatic rings. The molecule has 0 saturated carbocycles. The summed E-state index contributed by atoms with van der Waals surface area (Å²) in [7, 11) is 2.02. The van der Waals surface area contributed by atoms with E-state index in [2.05, 4.69) is 27.8 Å². The average Bonchev–Trinajstić information content (AvgIpc) is 3.20. The van der Waals surface area contributed by atoms with Crippen molar-refractivity contribution in [3.05, 3.63) is 41.4 Å². The molecule has 1 N–H and O–H groups in total. The molecule has 1 fully saturated rings. The summed E-state index contributed by atoms with van der Waals surface area (Å²) >= 11 is 1.48. The number of benzene rings is 1. The van der Waals surface area contributed by atoms with Crippen LogP contribution in [0.25, 0.3) is 21.6 Å². The number of rotatable bonds is 2. The van der Waals surface area contributed by atoms with Crippen LogP contribution in [0.5, 0.6) is 0 Å². The summed E-state index contributed by atoms with van der Waals surface area (Å²) in [5.41, 5.74) is 2.63. The van der Waals surface area contributed by atoms with Gasteiger partial charge in [-0.05, 0) is 25.0 Å². The second-order valence-electron chi connectivity index (χ2n) is 6.23. The highest BCUT2D eigenvalue weighted by Crippen LogP contribution is 2.30. The van der Waals surface area contributed by atoms with Crippen LogP contribution in [0, 0.1) is 0 Å². The van der Waals surface area contributed by atoms with Crippen molar-refractivity contribution in [2.45, 2.75) is 18.9 Å². The predicted octanol–water partition coefficient (Wildman–Crippen LogP) is 2.90. The largest absolute Gasteiger partial charge is 0.391 e. The van der Waals surface area contributed by atoms with Crippen molar-refractivity contribution in [1.82, 2.24) is 14.5 Å². The number of hydrogen-bond donors (Lipinski definition) is 1. The Hall–Kier alpha value is -2.18. The van der Waals surface area contributed by atoms with Gasteiger partial charge < -0.3 is 14.6 Å².